The predicted molar refractivity (Wildman–Crippen MR) is 103 cm³/mol. The van der Waals surface area contributed by atoms with Gasteiger partial charge < -0.3 is 14.4 Å². The first-order chi connectivity index (χ1) is 13.6. The number of halogens is 1. The third-order valence-corrected chi connectivity index (χ3v) is 4.31. The van der Waals surface area contributed by atoms with Crippen molar-refractivity contribution in [2.24, 2.45) is 0 Å². The number of aryl methyl sites for hydroxylation is 1. The number of carbonyl (C=O) groups is 1. The van der Waals surface area contributed by atoms with Gasteiger partial charge in [0, 0.05) is 17.4 Å². The Morgan fingerprint density at radius 3 is 2.68 bits per heavy atom. The van der Waals surface area contributed by atoms with Gasteiger partial charge in [-0.15, -0.1) is 0 Å². The molecule has 0 aliphatic carbocycles. The Morgan fingerprint density at radius 2 is 1.89 bits per heavy atom. The fourth-order valence-corrected chi connectivity index (χ4v) is 2.85. The molecule has 4 rings (SSSR count). The van der Waals surface area contributed by atoms with Crippen molar-refractivity contribution in [3.63, 3.8) is 0 Å². The van der Waals surface area contributed by atoms with E-state index in [1.54, 1.807) is 35.0 Å². The second-order valence-electron chi connectivity index (χ2n) is 6.31. The van der Waals surface area contributed by atoms with Gasteiger partial charge in [-0.2, -0.15) is 4.98 Å². The molecule has 28 heavy (non-hydrogen) atoms. The zero-order valence-corrected chi connectivity index (χ0v) is 15.1. The van der Waals surface area contributed by atoms with Gasteiger partial charge in [0.15, 0.2) is 0 Å². The van der Waals surface area contributed by atoms with Crippen molar-refractivity contribution in [3.8, 4) is 23.0 Å². The van der Waals surface area contributed by atoms with Gasteiger partial charge in [0.1, 0.15) is 18.1 Å². The zero-order valence-electron chi connectivity index (χ0n) is 15.1. The summed E-state index contributed by atoms with van der Waals surface area (Å²) in [5, 5.41) is 6.85. The van der Waals surface area contributed by atoms with Crippen LogP contribution in [0.15, 0.2) is 71.4 Å². The summed E-state index contributed by atoms with van der Waals surface area (Å²) < 4.78 is 20.2. The number of carbonyl (C=O) groups excluding carboxylic acids is 1. The number of amides is 1. The smallest absolute Gasteiger partial charge is 0.274 e. The fraction of sp³-hybridized carbons (Fsp3) is 0.0952. The maximum atomic E-state index is 13.1. The number of para-hydroxylation sites is 1. The molecule has 140 valence electrons. The Kier molecular flexibility index (Phi) is 4.72. The Hall–Kier alpha value is -3.74. The molecule has 1 amide bonds. The summed E-state index contributed by atoms with van der Waals surface area (Å²) >= 11 is 0. The molecular formula is C21H17FN4O2. The molecule has 1 N–H and O–H groups in total. The fourth-order valence-electron chi connectivity index (χ4n) is 2.85. The first-order valence-electron chi connectivity index (χ1n) is 8.71. The molecular weight excluding hydrogens is 359 g/mol. The summed E-state index contributed by atoms with van der Waals surface area (Å²) in [5.41, 5.74) is 3.04. The van der Waals surface area contributed by atoms with Crippen LogP contribution in [0.5, 0.6) is 0 Å². The van der Waals surface area contributed by atoms with Crippen LogP contribution in [-0.4, -0.2) is 20.6 Å². The standard InChI is InChI=1S/C21H17FN4O2/c1-14-5-2-3-6-17(14)23-19(27)13-26-12-4-7-18(26)21-24-20(25-28-21)15-8-10-16(22)11-9-15/h2-12H,13H2,1H3,(H,23,27). The van der Waals surface area contributed by atoms with Gasteiger partial charge in [0.05, 0.1) is 0 Å². The van der Waals surface area contributed by atoms with Crippen LogP contribution < -0.4 is 5.32 Å². The van der Waals surface area contributed by atoms with Gasteiger partial charge in [-0.25, -0.2) is 4.39 Å². The van der Waals surface area contributed by atoms with Crippen LogP contribution in [0.2, 0.25) is 0 Å². The molecule has 0 aliphatic heterocycles. The number of nitrogens with zero attached hydrogens (tertiary/aromatic N) is 3. The van der Waals surface area contributed by atoms with Crippen LogP contribution in [0, 0.1) is 12.7 Å². The van der Waals surface area contributed by atoms with E-state index in [9.17, 15) is 9.18 Å². The topological polar surface area (TPSA) is 73.0 Å². The van der Waals surface area contributed by atoms with E-state index in [2.05, 4.69) is 15.5 Å². The van der Waals surface area contributed by atoms with Crippen molar-refractivity contribution in [2.75, 3.05) is 5.32 Å². The molecule has 0 saturated heterocycles. The van der Waals surface area contributed by atoms with Crippen LogP contribution in [0.3, 0.4) is 0 Å². The number of rotatable bonds is 5. The van der Waals surface area contributed by atoms with Crippen LogP contribution in [0.1, 0.15) is 5.56 Å². The molecule has 0 radical (unpaired) electrons. The van der Waals surface area contributed by atoms with Gasteiger partial charge in [-0.3, -0.25) is 4.79 Å². The van der Waals surface area contributed by atoms with Crippen LogP contribution in [0.25, 0.3) is 23.0 Å². The number of nitrogens with one attached hydrogen (secondary N) is 1. The molecule has 0 unspecified atom stereocenters. The summed E-state index contributed by atoms with van der Waals surface area (Å²) in [6, 6.07) is 17.0. The quantitative estimate of drug-likeness (QED) is 0.564. The van der Waals surface area contributed by atoms with E-state index in [4.69, 9.17) is 4.52 Å². The summed E-state index contributed by atoms with van der Waals surface area (Å²) in [5.74, 6) is 0.145. The maximum absolute atomic E-state index is 13.1. The lowest BCUT2D eigenvalue weighted by molar-refractivity contribution is -0.116. The average Bonchev–Trinajstić information content (AvgIpc) is 3.33. The molecule has 2 aromatic heterocycles. The highest BCUT2D eigenvalue weighted by Gasteiger charge is 2.16. The van der Waals surface area contributed by atoms with Crippen LogP contribution >= 0.6 is 0 Å². The Bertz CT molecular complexity index is 1120. The Balaban J connectivity index is 1.52. The van der Waals surface area contributed by atoms with Gasteiger partial charge in [0.2, 0.25) is 11.7 Å². The van der Waals surface area contributed by atoms with E-state index in [1.165, 1.54) is 12.1 Å². The monoisotopic (exact) mass is 376 g/mol. The number of aromatic nitrogens is 3. The lowest BCUT2D eigenvalue weighted by Crippen LogP contribution is -2.19. The maximum Gasteiger partial charge on any atom is 0.274 e. The molecule has 0 spiro atoms. The third-order valence-electron chi connectivity index (χ3n) is 4.31. The molecule has 0 saturated carbocycles. The summed E-state index contributed by atoms with van der Waals surface area (Å²) in [6.45, 7) is 2.04. The van der Waals surface area contributed by atoms with Crippen molar-refractivity contribution >= 4 is 11.6 Å². The van der Waals surface area contributed by atoms with Crippen molar-refractivity contribution in [3.05, 3.63) is 78.2 Å². The molecule has 0 aliphatic rings. The minimum atomic E-state index is -0.332. The average molecular weight is 376 g/mol. The lowest BCUT2D eigenvalue weighted by Gasteiger charge is -2.10. The van der Waals surface area contributed by atoms with Crippen molar-refractivity contribution in [1.82, 2.24) is 14.7 Å². The van der Waals surface area contributed by atoms with Gasteiger partial charge in [0.25, 0.3) is 5.89 Å². The Labute approximate surface area is 160 Å². The predicted octanol–water partition coefficient (Wildman–Crippen LogP) is 4.29. The minimum absolute atomic E-state index is 0.102. The molecule has 2 aromatic carbocycles. The summed E-state index contributed by atoms with van der Waals surface area (Å²) in [7, 11) is 0. The largest absolute Gasteiger partial charge is 0.334 e. The number of anilines is 1. The van der Waals surface area contributed by atoms with E-state index in [1.807, 2.05) is 31.2 Å². The first kappa shape index (κ1) is 17.7. The summed E-state index contributed by atoms with van der Waals surface area (Å²) in [4.78, 5) is 16.8. The van der Waals surface area contributed by atoms with Crippen LogP contribution in [0.4, 0.5) is 10.1 Å². The second-order valence-corrected chi connectivity index (χ2v) is 6.31. The molecule has 2 heterocycles. The molecule has 0 atom stereocenters. The van der Waals surface area contributed by atoms with E-state index in [0.717, 1.165) is 11.3 Å². The van der Waals surface area contributed by atoms with E-state index in [-0.39, 0.29) is 24.2 Å². The second kappa shape index (κ2) is 7.48. The number of hydrogen-bond donors (Lipinski definition) is 1. The van der Waals surface area contributed by atoms with Crippen molar-refractivity contribution in [2.45, 2.75) is 13.5 Å². The highest BCUT2D eigenvalue weighted by atomic mass is 19.1. The van der Waals surface area contributed by atoms with E-state index >= 15 is 0 Å². The molecule has 0 bridgehead atoms. The molecule has 7 heteroatoms. The molecule has 4 aromatic rings. The normalized spacial score (nSPS) is 10.8. The van der Waals surface area contributed by atoms with Crippen molar-refractivity contribution in [1.29, 1.82) is 0 Å². The van der Waals surface area contributed by atoms with Crippen LogP contribution in [-0.2, 0) is 11.3 Å². The SMILES string of the molecule is Cc1ccccc1NC(=O)Cn1cccc1-c1nc(-c2ccc(F)cc2)no1. The van der Waals surface area contributed by atoms with Gasteiger partial charge >= 0.3 is 0 Å². The summed E-state index contributed by atoms with van der Waals surface area (Å²) in [6.07, 6.45) is 1.77. The highest BCUT2D eigenvalue weighted by Crippen LogP contribution is 2.23. The minimum Gasteiger partial charge on any atom is -0.334 e. The van der Waals surface area contributed by atoms with E-state index < -0.39 is 0 Å². The molecule has 0 fully saturated rings. The zero-order chi connectivity index (χ0) is 19.5. The number of hydrogen-bond acceptors (Lipinski definition) is 4. The van der Waals surface area contributed by atoms with Gasteiger partial charge in [-0.1, -0.05) is 23.4 Å². The van der Waals surface area contributed by atoms with Crippen molar-refractivity contribution < 1.29 is 13.7 Å². The Morgan fingerprint density at radius 1 is 1.11 bits per heavy atom. The molecule has 6 nitrogen and oxygen atoms in total. The lowest BCUT2D eigenvalue weighted by atomic mass is 10.2. The van der Waals surface area contributed by atoms with E-state index in [0.29, 0.717) is 17.1 Å². The number of benzene rings is 2. The first-order valence-corrected chi connectivity index (χ1v) is 8.71. The third kappa shape index (κ3) is 3.68. The van der Waals surface area contributed by atoms with Gasteiger partial charge in [-0.05, 0) is 55.0 Å². The highest BCUT2D eigenvalue weighted by molar-refractivity contribution is 5.91.